The van der Waals surface area contributed by atoms with Gasteiger partial charge in [-0.2, -0.15) is 0 Å². The maximum Gasteiger partial charge on any atom is 0.0700 e. The van der Waals surface area contributed by atoms with Crippen molar-refractivity contribution in [1.29, 1.82) is 0 Å². The van der Waals surface area contributed by atoms with Crippen LogP contribution in [0.3, 0.4) is 0 Å². The van der Waals surface area contributed by atoms with Gasteiger partial charge in [0, 0.05) is 19.0 Å². The molecule has 1 aromatic carbocycles. The smallest absolute Gasteiger partial charge is 0.0700 e. The predicted octanol–water partition coefficient (Wildman–Crippen LogP) is 3.47. The van der Waals surface area contributed by atoms with Gasteiger partial charge in [-0.15, -0.1) is 0 Å². The van der Waals surface area contributed by atoms with Crippen molar-refractivity contribution in [2.45, 2.75) is 65.0 Å². The topological polar surface area (TPSA) is 23.5 Å². The lowest BCUT2D eigenvalue weighted by Gasteiger charge is -2.29. The van der Waals surface area contributed by atoms with E-state index in [1.54, 1.807) is 0 Å². The number of hydrogen-bond donors (Lipinski definition) is 1. The van der Waals surface area contributed by atoms with Crippen LogP contribution in [0.5, 0.6) is 0 Å². The molecule has 0 bridgehead atoms. The largest absolute Gasteiger partial charge is 0.389 e. The van der Waals surface area contributed by atoms with Crippen LogP contribution < -0.4 is 0 Å². The summed E-state index contributed by atoms with van der Waals surface area (Å²) in [4.78, 5) is 2.49. The van der Waals surface area contributed by atoms with Crippen LogP contribution in [0.15, 0.2) is 18.2 Å². The molecule has 0 aliphatic carbocycles. The molecule has 1 heterocycles. The van der Waals surface area contributed by atoms with E-state index in [0.29, 0.717) is 6.04 Å². The lowest BCUT2D eigenvalue weighted by molar-refractivity contribution is 0.0246. The van der Waals surface area contributed by atoms with Crippen LogP contribution in [0.25, 0.3) is 0 Å². The van der Waals surface area contributed by atoms with Crippen LogP contribution >= 0.6 is 0 Å². The molecule has 2 rings (SSSR count). The second-order valence-corrected chi connectivity index (χ2v) is 6.75. The summed E-state index contributed by atoms with van der Waals surface area (Å²) in [6.45, 7) is 10.9. The van der Waals surface area contributed by atoms with E-state index in [2.05, 4.69) is 50.8 Å². The molecule has 1 aliphatic rings. The first-order valence-corrected chi connectivity index (χ1v) is 7.93. The summed E-state index contributed by atoms with van der Waals surface area (Å²) in [5, 5.41) is 11.0. The van der Waals surface area contributed by atoms with Crippen molar-refractivity contribution in [2.24, 2.45) is 0 Å². The Morgan fingerprint density at radius 1 is 1.15 bits per heavy atom. The zero-order valence-corrected chi connectivity index (χ0v) is 13.4. The Kier molecular flexibility index (Phi) is 4.87. The number of nitrogens with zero attached hydrogens (tertiary/aromatic N) is 1. The minimum absolute atomic E-state index is 0.527. The van der Waals surface area contributed by atoms with Crippen molar-refractivity contribution in [3.8, 4) is 0 Å². The van der Waals surface area contributed by atoms with Gasteiger partial charge in [0.25, 0.3) is 0 Å². The molecule has 0 spiro atoms. The first-order valence-electron chi connectivity index (χ1n) is 7.93. The molecule has 2 heteroatoms. The van der Waals surface area contributed by atoms with Crippen LogP contribution in [-0.2, 0) is 6.42 Å². The Labute approximate surface area is 123 Å². The molecule has 1 N–H and O–H groups in total. The lowest BCUT2D eigenvalue weighted by atomic mass is 9.84. The average molecular weight is 275 g/mol. The number of aliphatic hydroxyl groups is 1. The van der Waals surface area contributed by atoms with E-state index in [9.17, 15) is 5.11 Å². The van der Waals surface area contributed by atoms with E-state index in [4.69, 9.17) is 0 Å². The molecular weight excluding hydrogens is 246 g/mol. The van der Waals surface area contributed by atoms with E-state index in [0.717, 1.165) is 38.8 Å². The third kappa shape index (κ3) is 3.62. The third-order valence-electron chi connectivity index (χ3n) is 4.83. The molecule has 1 fully saturated rings. The van der Waals surface area contributed by atoms with Crippen molar-refractivity contribution in [1.82, 2.24) is 4.90 Å². The van der Waals surface area contributed by atoms with Gasteiger partial charge in [0.15, 0.2) is 0 Å². The number of aryl methyl sites for hydroxylation is 2. The number of rotatable bonds is 3. The second kappa shape index (κ2) is 6.28. The first kappa shape index (κ1) is 15.5. The molecule has 20 heavy (non-hydrogen) atoms. The van der Waals surface area contributed by atoms with E-state index >= 15 is 0 Å². The minimum atomic E-state index is -0.527. The van der Waals surface area contributed by atoms with Crippen molar-refractivity contribution in [3.63, 3.8) is 0 Å². The monoisotopic (exact) mass is 275 g/mol. The van der Waals surface area contributed by atoms with Gasteiger partial charge in [0.05, 0.1) is 5.60 Å². The van der Waals surface area contributed by atoms with Crippen LogP contribution in [-0.4, -0.2) is 34.7 Å². The van der Waals surface area contributed by atoms with Gasteiger partial charge in [-0.25, -0.2) is 0 Å². The summed E-state index contributed by atoms with van der Waals surface area (Å²) < 4.78 is 0. The number of benzene rings is 1. The van der Waals surface area contributed by atoms with Gasteiger partial charge in [-0.1, -0.05) is 18.2 Å². The molecule has 1 saturated heterocycles. The molecule has 0 saturated carbocycles. The normalized spacial score (nSPS) is 24.9. The molecule has 0 aromatic heterocycles. The maximum absolute atomic E-state index is 11.0. The van der Waals surface area contributed by atoms with Crippen molar-refractivity contribution in [3.05, 3.63) is 34.9 Å². The highest BCUT2D eigenvalue weighted by Gasteiger charge is 2.31. The molecular formula is C18H29NO. The third-order valence-corrected chi connectivity index (χ3v) is 4.83. The Morgan fingerprint density at radius 3 is 2.40 bits per heavy atom. The molecule has 1 atom stereocenters. The van der Waals surface area contributed by atoms with Crippen LogP contribution in [0.2, 0.25) is 0 Å². The van der Waals surface area contributed by atoms with E-state index < -0.39 is 5.60 Å². The fraction of sp³-hybridized carbons (Fsp3) is 0.667. The molecule has 1 aliphatic heterocycles. The predicted molar refractivity (Wildman–Crippen MR) is 85.1 cm³/mol. The number of hydrogen-bond acceptors (Lipinski definition) is 2. The summed E-state index contributed by atoms with van der Waals surface area (Å²) in [5.74, 6) is 0. The zero-order chi connectivity index (χ0) is 14.8. The van der Waals surface area contributed by atoms with E-state index in [1.165, 1.54) is 16.7 Å². The van der Waals surface area contributed by atoms with Crippen molar-refractivity contribution in [2.75, 3.05) is 13.1 Å². The minimum Gasteiger partial charge on any atom is -0.389 e. The molecule has 112 valence electrons. The Hall–Kier alpha value is -0.860. The maximum atomic E-state index is 11.0. The SMILES string of the molecule is Cc1cccc(C)c1CC1(O)CCCN(C(C)C)CC1. The second-order valence-electron chi connectivity index (χ2n) is 6.75. The lowest BCUT2D eigenvalue weighted by Crippen LogP contribution is -2.36. The first-order chi connectivity index (χ1) is 9.41. The Bertz CT molecular complexity index is 434. The highest BCUT2D eigenvalue weighted by molar-refractivity contribution is 5.34. The van der Waals surface area contributed by atoms with Gasteiger partial charge >= 0.3 is 0 Å². The summed E-state index contributed by atoms with van der Waals surface area (Å²) in [5.41, 5.74) is 3.43. The Balaban J connectivity index is 2.11. The highest BCUT2D eigenvalue weighted by Crippen LogP contribution is 2.29. The van der Waals surface area contributed by atoms with Gasteiger partial charge in [0.1, 0.15) is 0 Å². The highest BCUT2D eigenvalue weighted by atomic mass is 16.3. The molecule has 1 aromatic rings. The van der Waals surface area contributed by atoms with E-state index in [1.807, 2.05) is 0 Å². The van der Waals surface area contributed by atoms with Gasteiger partial charge in [0.2, 0.25) is 0 Å². The number of likely N-dealkylation sites (tertiary alicyclic amines) is 1. The van der Waals surface area contributed by atoms with Gasteiger partial charge in [-0.3, -0.25) is 0 Å². The molecule has 2 nitrogen and oxygen atoms in total. The fourth-order valence-electron chi connectivity index (χ4n) is 3.35. The Morgan fingerprint density at radius 2 is 1.80 bits per heavy atom. The molecule has 1 unspecified atom stereocenters. The van der Waals surface area contributed by atoms with Crippen molar-refractivity contribution >= 4 is 0 Å². The fourth-order valence-corrected chi connectivity index (χ4v) is 3.35. The van der Waals surface area contributed by atoms with E-state index in [-0.39, 0.29) is 0 Å². The summed E-state index contributed by atoms with van der Waals surface area (Å²) >= 11 is 0. The molecule has 0 amide bonds. The molecule has 0 radical (unpaired) electrons. The van der Waals surface area contributed by atoms with Gasteiger partial charge in [-0.05, 0) is 70.2 Å². The quantitative estimate of drug-likeness (QED) is 0.913. The summed E-state index contributed by atoms with van der Waals surface area (Å²) in [6.07, 6.45) is 3.71. The van der Waals surface area contributed by atoms with Crippen LogP contribution in [0.1, 0.15) is 49.8 Å². The standard InChI is InChI=1S/C18H29NO/c1-14(2)19-11-6-9-18(20,10-12-19)13-17-15(3)7-5-8-16(17)4/h5,7-8,14,20H,6,9-13H2,1-4H3. The summed E-state index contributed by atoms with van der Waals surface area (Å²) in [7, 11) is 0. The van der Waals surface area contributed by atoms with Crippen LogP contribution in [0.4, 0.5) is 0 Å². The van der Waals surface area contributed by atoms with Crippen LogP contribution in [0, 0.1) is 13.8 Å². The van der Waals surface area contributed by atoms with Crippen molar-refractivity contribution < 1.29 is 5.11 Å². The summed E-state index contributed by atoms with van der Waals surface area (Å²) in [6, 6.07) is 7.00. The average Bonchev–Trinajstić information content (AvgIpc) is 2.57. The van der Waals surface area contributed by atoms with Gasteiger partial charge < -0.3 is 10.0 Å². The zero-order valence-electron chi connectivity index (χ0n) is 13.4.